The van der Waals surface area contributed by atoms with Crippen LogP contribution in [0.3, 0.4) is 0 Å². The summed E-state index contributed by atoms with van der Waals surface area (Å²) in [6.07, 6.45) is 0. The van der Waals surface area contributed by atoms with Crippen molar-refractivity contribution in [2.75, 3.05) is 7.11 Å². The minimum absolute atomic E-state index is 0.0946. The van der Waals surface area contributed by atoms with Gasteiger partial charge in [0.1, 0.15) is 5.75 Å². The lowest BCUT2D eigenvalue weighted by atomic mass is 10.0. The van der Waals surface area contributed by atoms with Crippen LogP contribution in [-0.2, 0) is 0 Å². The van der Waals surface area contributed by atoms with E-state index in [4.69, 9.17) is 33.7 Å². The van der Waals surface area contributed by atoms with E-state index in [1.54, 1.807) is 13.2 Å². The van der Waals surface area contributed by atoms with Crippen LogP contribution >= 0.6 is 23.2 Å². The first-order valence-corrected chi connectivity index (χ1v) is 6.67. The zero-order valence-corrected chi connectivity index (χ0v) is 12.3. The average molecular weight is 296 g/mol. The number of methoxy groups -OCH3 is 1. The highest BCUT2D eigenvalue weighted by Crippen LogP contribution is 2.35. The largest absolute Gasteiger partial charge is 0.496 e. The van der Waals surface area contributed by atoms with Gasteiger partial charge in [-0.25, -0.2) is 0 Å². The molecule has 19 heavy (non-hydrogen) atoms. The van der Waals surface area contributed by atoms with Crippen LogP contribution in [0.2, 0.25) is 10.0 Å². The smallest absolute Gasteiger partial charge is 0.126 e. The van der Waals surface area contributed by atoms with Gasteiger partial charge in [-0.3, -0.25) is 0 Å². The van der Waals surface area contributed by atoms with E-state index in [9.17, 15) is 0 Å². The molecule has 1 unspecified atom stereocenters. The van der Waals surface area contributed by atoms with Crippen molar-refractivity contribution in [1.29, 1.82) is 0 Å². The SMILES string of the molecule is COc1ccc(Cl)cc1-c1ccc(C(C)N)c(Cl)c1. The molecule has 2 aromatic rings. The Morgan fingerprint density at radius 1 is 1.11 bits per heavy atom. The number of nitrogens with two attached hydrogens (primary N) is 1. The Morgan fingerprint density at radius 3 is 2.42 bits per heavy atom. The molecule has 2 nitrogen and oxygen atoms in total. The predicted octanol–water partition coefficient (Wildman–Crippen LogP) is 4.69. The Kier molecular flexibility index (Phi) is 4.35. The maximum absolute atomic E-state index is 6.26. The van der Waals surface area contributed by atoms with Gasteiger partial charge in [0.2, 0.25) is 0 Å². The summed E-state index contributed by atoms with van der Waals surface area (Å²) < 4.78 is 5.35. The van der Waals surface area contributed by atoms with Crippen molar-refractivity contribution in [2.45, 2.75) is 13.0 Å². The lowest BCUT2D eigenvalue weighted by molar-refractivity contribution is 0.416. The summed E-state index contributed by atoms with van der Waals surface area (Å²) in [5.41, 5.74) is 8.64. The monoisotopic (exact) mass is 295 g/mol. The molecule has 0 amide bonds. The van der Waals surface area contributed by atoms with Crippen molar-refractivity contribution in [3.05, 3.63) is 52.0 Å². The van der Waals surface area contributed by atoms with Gasteiger partial charge in [0.05, 0.1) is 7.11 Å². The van der Waals surface area contributed by atoms with Crippen LogP contribution < -0.4 is 10.5 Å². The van der Waals surface area contributed by atoms with Crippen molar-refractivity contribution in [3.8, 4) is 16.9 Å². The molecule has 0 aliphatic heterocycles. The highest BCUT2D eigenvalue weighted by atomic mass is 35.5. The first kappa shape index (κ1) is 14.2. The molecule has 0 spiro atoms. The lowest BCUT2D eigenvalue weighted by Gasteiger charge is -2.13. The van der Waals surface area contributed by atoms with E-state index >= 15 is 0 Å². The summed E-state index contributed by atoms with van der Waals surface area (Å²) in [5, 5.41) is 1.30. The van der Waals surface area contributed by atoms with Crippen molar-refractivity contribution in [2.24, 2.45) is 5.73 Å². The molecule has 0 heterocycles. The molecule has 0 aliphatic rings. The molecule has 0 aliphatic carbocycles. The summed E-state index contributed by atoms with van der Waals surface area (Å²) in [6, 6.07) is 11.2. The Bertz CT molecular complexity index is 597. The van der Waals surface area contributed by atoms with Gasteiger partial charge in [-0.2, -0.15) is 0 Å². The normalized spacial score (nSPS) is 12.3. The fourth-order valence-electron chi connectivity index (χ4n) is 1.97. The highest BCUT2D eigenvalue weighted by Gasteiger charge is 2.10. The minimum atomic E-state index is -0.0946. The van der Waals surface area contributed by atoms with Gasteiger partial charge in [-0.1, -0.05) is 35.3 Å². The molecule has 2 aromatic carbocycles. The Labute approximate surface area is 123 Å². The van der Waals surface area contributed by atoms with Crippen molar-refractivity contribution in [1.82, 2.24) is 0 Å². The van der Waals surface area contributed by atoms with Crippen LogP contribution in [0.5, 0.6) is 5.75 Å². The van der Waals surface area contributed by atoms with E-state index in [1.807, 2.05) is 37.3 Å². The Balaban J connectivity index is 2.53. The summed E-state index contributed by atoms with van der Waals surface area (Å²) in [5.74, 6) is 0.758. The lowest BCUT2D eigenvalue weighted by Crippen LogP contribution is -2.05. The molecule has 2 rings (SSSR count). The topological polar surface area (TPSA) is 35.2 Å². The van der Waals surface area contributed by atoms with Crippen LogP contribution in [0.4, 0.5) is 0 Å². The molecule has 0 fully saturated rings. The van der Waals surface area contributed by atoms with E-state index in [0.29, 0.717) is 10.0 Å². The first-order chi connectivity index (χ1) is 9.02. The van der Waals surface area contributed by atoms with Crippen molar-refractivity contribution >= 4 is 23.2 Å². The van der Waals surface area contributed by atoms with Gasteiger partial charge in [0.25, 0.3) is 0 Å². The number of rotatable bonds is 3. The third kappa shape index (κ3) is 3.03. The van der Waals surface area contributed by atoms with E-state index < -0.39 is 0 Å². The molecule has 0 aromatic heterocycles. The van der Waals surface area contributed by atoms with Gasteiger partial charge in [-0.15, -0.1) is 0 Å². The summed E-state index contributed by atoms with van der Waals surface area (Å²) >= 11 is 12.3. The summed E-state index contributed by atoms with van der Waals surface area (Å²) in [6.45, 7) is 1.90. The summed E-state index contributed by atoms with van der Waals surface area (Å²) in [7, 11) is 1.63. The van der Waals surface area contributed by atoms with Crippen LogP contribution in [-0.4, -0.2) is 7.11 Å². The fourth-order valence-corrected chi connectivity index (χ4v) is 2.49. The second-order valence-electron chi connectivity index (χ2n) is 4.37. The Morgan fingerprint density at radius 2 is 1.84 bits per heavy atom. The third-order valence-corrected chi connectivity index (χ3v) is 3.53. The molecular weight excluding hydrogens is 281 g/mol. The van der Waals surface area contributed by atoms with E-state index in [0.717, 1.165) is 22.4 Å². The summed E-state index contributed by atoms with van der Waals surface area (Å²) in [4.78, 5) is 0. The van der Waals surface area contributed by atoms with Crippen LogP contribution in [0.15, 0.2) is 36.4 Å². The molecule has 2 N–H and O–H groups in total. The zero-order valence-electron chi connectivity index (χ0n) is 10.8. The average Bonchev–Trinajstić information content (AvgIpc) is 2.38. The van der Waals surface area contributed by atoms with E-state index in [2.05, 4.69) is 0 Å². The highest BCUT2D eigenvalue weighted by molar-refractivity contribution is 6.32. The number of benzene rings is 2. The van der Waals surface area contributed by atoms with Crippen LogP contribution in [0, 0.1) is 0 Å². The molecule has 4 heteroatoms. The third-order valence-electron chi connectivity index (χ3n) is 2.96. The van der Waals surface area contributed by atoms with Crippen molar-refractivity contribution in [3.63, 3.8) is 0 Å². The molecule has 100 valence electrons. The van der Waals surface area contributed by atoms with Gasteiger partial charge in [-0.05, 0) is 42.3 Å². The molecule has 1 atom stereocenters. The Hall–Kier alpha value is -1.22. The van der Waals surface area contributed by atoms with Gasteiger partial charge in [0, 0.05) is 21.7 Å². The first-order valence-electron chi connectivity index (χ1n) is 5.92. The van der Waals surface area contributed by atoms with Crippen LogP contribution in [0.1, 0.15) is 18.5 Å². The number of hydrogen-bond donors (Lipinski definition) is 1. The maximum atomic E-state index is 6.26. The maximum Gasteiger partial charge on any atom is 0.126 e. The predicted molar refractivity (Wildman–Crippen MR) is 81.1 cm³/mol. The second-order valence-corrected chi connectivity index (χ2v) is 5.21. The molecule has 0 saturated heterocycles. The van der Waals surface area contributed by atoms with E-state index in [1.165, 1.54) is 0 Å². The second kappa shape index (κ2) is 5.83. The number of ether oxygens (including phenoxy) is 1. The molecule has 0 radical (unpaired) electrons. The van der Waals surface area contributed by atoms with Crippen LogP contribution in [0.25, 0.3) is 11.1 Å². The number of halogens is 2. The van der Waals surface area contributed by atoms with Crippen molar-refractivity contribution < 1.29 is 4.74 Å². The quantitative estimate of drug-likeness (QED) is 0.891. The van der Waals surface area contributed by atoms with E-state index in [-0.39, 0.29) is 6.04 Å². The molecular formula is C15H15Cl2NO. The van der Waals surface area contributed by atoms with Gasteiger partial charge in [0.15, 0.2) is 0 Å². The minimum Gasteiger partial charge on any atom is -0.496 e. The molecule has 0 saturated carbocycles. The zero-order chi connectivity index (χ0) is 14.0. The van der Waals surface area contributed by atoms with Gasteiger partial charge < -0.3 is 10.5 Å². The molecule has 0 bridgehead atoms. The standard InChI is InChI=1S/C15H15Cl2NO/c1-9(18)12-5-3-10(7-14(12)17)13-8-11(16)4-6-15(13)19-2/h3-9H,18H2,1-2H3. The number of hydrogen-bond acceptors (Lipinski definition) is 2. The fraction of sp³-hybridized carbons (Fsp3) is 0.200. The van der Waals surface area contributed by atoms with Gasteiger partial charge >= 0.3 is 0 Å².